The lowest BCUT2D eigenvalue weighted by molar-refractivity contribution is 0.415. The molecule has 0 saturated carbocycles. The lowest BCUT2D eigenvalue weighted by Crippen LogP contribution is -2.14. The van der Waals surface area contributed by atoms with Crippen molar-refractivity contribution in [3.05, 3.63) is 78.4 Å². The van der Waals surface area contributed by atoms with E-state index in [4.69, 9.17) is 4.74 Å². The van der Waals surface area contributed by atoms with Crippen LogP contribution in [0.5, 0.6) is 5.75 Å². The normalized spacial score (nSPS) is 11.6. The Morgan fingerprint density at radius 1 is 0.889 bits per heavy atom. The maximum atomic E-state index is 13.4. The summed E-state index contributed by atoms with van der Waals surface area (Å²) < 4.78 is 33.4. The second kappa shape index (κ2) is 6.55. The Hall–Kier alpha value is -3.12. The van der Waals surface area contributed by atoms with Crippen molar-refractivity contribution in [3.8, 4) is 17.1 Å². The molecule has 0 fully saturated rings. The second-order valence-electron chi connectivity index (χ2n) is 6.24. The van der Waals surface area contributed by atoms with Crippen molar-refractivity contribution in [2.75, 3.05) is 7.11 Å². The first-order valence-corrected chi connectivity index (χ1v) is 9.89. The van der Waals surface area contributed by atoms with Gasteiger partial charge in [-0.1, -0.05) is 29.8 Å². The van der Waals surface area contributed by atoms with Crippen LogP contribution in [0.4, 0.5) is 0 Å². The summed E-state index contributed by atoms with van der Waals surface area (Å²) in [5.41, 5.74) is 2.87. The number of ether oxygens (including phenoxy) is 1. The highest BCUT2D eigenvalue weighted by atomic mass is 32.2. The van der Waals surface area contributed by atoms with Gasteiger partial charge in [-0.2, -0.15) is 0 Å². The van der Waals surface area contributed by atoms with E-state index in [2.05, 4.69) is 4.98 Å². The van der Waals surface area contributed by atoms with Crippen LogP contribution < -0.4 is 4.74 Å². The van der Waals surface area contributed by atoms with E-state index in [0.29, 0.717) is 28.2 Å². The maximum Gasteiger partial charge on any atom is 0.269 e. The first-order valence-electron chi connectivity index (χ1n) is 8.45. The highest BCUT2D eigenvalue weighted by Gasteiger charge is 2.25. The van der Waals surface area contributed by atoms with E-state index < -0.39 is 10.0 Å². The molecule has 136 valence electrons. The average molecular weight is 378 g/mol. The Bertz CT molecular complexity index is 1210. The smallest absolute Gasteiger partial charge is 0.269 e. The number of imidazole rings is 1. The molecule has 0 atom stereocenters. The number of nitrogens with zero attached hydrogens (tertiary/aromatic N) is 2. The minimum Gasteiger partial charge on any atom is -0.497 e. The van der Waals surface area contributed by atoms with E-state index in [-0.39, 0.29) is 4.90 Å². The number of benzene rings is 3. The Kier molecular flexibility index (Phi) is 4.20. The van der Waals surface area contributed by atoms with Gasteiger partial charge in [-0.15, -0.1) is 0 Å². The van der Waals surface area contributed by atoms with Gasteiger partial charge in [-0.25, -0.2) is 17.4 Å². The van der Waals surface area contributed by atoms with Gasteiger partial charge in [0.25, 0.3) is 10.0 Å². The van der Waals surface area contributed by atoms with Crippen molar-refractivity contribution in [1.82, 2.24) is 8.96 Å². The van der Waals surface area contributed by atoms with Gasteiger partial charge < -0.3 is 4.74 Å². The summed E-state index contributed by atoms with van der Waals surface area (Å²) in [6, 6.07) is 21.2. The van der Waals surface area contributed by atoms with Crippen LogP contribution in [-0.2, 0) is 10.0 Å². The summed E-state index contributed by atoms with van der Waals surface area (Å²) in [7, 11) is -2.22. The van der Waals surface area contributed by atoms with Gasteiger partial charge >= 0.3 is 0 Å². The van der Waals surface area contributed by atoms with Gasteiger partial charge in [-0.3, -0.25) is 0 Å². The van der Waals surface area contributed by atoms with Gasteiger partial charge in [0.2, 0.25) is 0 Å². The number of rotatable bonds is 4. The summed E-state index contributed by atoms with van der Waals surface area (Å²) in [5, 5.41) is 0. The van der Waals surface area contributed by atoms with Gasteiger partial charge in [0, 0.05) is 5.56 Å². The largest absolute Gasteiger partial charge is 0.497 e. The molecule has 4 rings (SSSR count). The second-order valence-corrected chi connectivity index (χ2v) is 8.02. The zero-order chi connectivity index (χ0) is 19.0. The molecule has 0 spiro atoms. The molecule has 27 heavy (non-hydrogen) atoms. The van der Waals surface area contributed by atoms with Crippen LogP contribution in [-0.4, -0.2) is 24.5 Å². The lowest BCUT2D eigenvalue weighted by Gasteiger charge is -2.11. The van der Waals surface area contributed by atoms with Crippen molar-refractivity contribution in [1.29, 1.82) is 0 Å². The third-order valence-electron chi connectivity index (χ3n) is 4.43. The highest BCUT2D eigenvalue weighted by molar-refractivity contribution is 7.90. The van der Waals surface area contributed by atoms with Crippen molar-refractivity contribution < 1.29 is 13.2 Å². The van der Waals surface area contributed by atoms with Gasteiger partial charge in [0.1, 0.15) is 5.75 Å². The molecule has 0 aliphatic rings. The molecule has 0 radical (unpaired) electrons. The predicted molar refractivity (Wildman–Crippen MR) is 105 cm³/mol. The fourth-order valence-corrected chi connectivity index (χ4v) is 4.46. The van der Waals surface area contributed by atoms with Crippen molar-refractivity contribution >= 4 is 21.1 Å². The number of aromatic nitrogens is 2. The standard InChI is InChI=1S/C21H18N2O3S/c1-15-7-13-18(14-8-15)27(24,25)23-20-6-4-3-5-19(20)22-21(23)16-9-11-17(26-2)12-10-16/h3-14H,1-2H3. The zero-order valence-corrected chi connectivity index (χ0v) is 15.8. The van der Waals surface area contributed by atoms with E-state index in [1.807, 2.05) is 25.1 Å². The Labute approximate surface area is 157 Å². The van der Waals surface area contributed by atoms with Crippen molar-refractivity contribution in [3.63, 3.8) is 0 Å². The third kappa shape index (κ3) is 2.98. The molecule has 0 bridgehead atoms. The Morgan fingerprint density at radius 2 is 1.56 bits per heavy atom. The van der Waals surface area contributed by atoms with Gasteiger partial charge in [0.15, 0.2) is 5.82 Å². The zero-order valence-electron chi connectivity index (χ0n) is 15.0. The molecule has 0 aliphatic carbocycles. The summed E-state index contributed by atoms with van der Waals surface area (Å²) in [4.78, 5) is 4.82. The molecule has 0 amide bonds. The maximum absolute atomic E-state index is 13.4. The van der Waals surface area contributed by atoms with Crippen LogP contribution in [0.15, 0.2) is 77.7 Å². The van der Waals surface area contributed by atoms with Crippen LogP contribution in [0.2, 0.25) is 0 Å². The molecule has 0 N–H and O–H groups in total. The fourth-order valence-electron chi connectivity index (χ4n) is 2.98. The summed E-state index contributed by atoms with van der Waals surface area (Å²) >= 11 is 0. The van der Waals surface area contributed by atoms with Gasteiger partial charge in [-0.05, 0) is 55.5 Å². The number of aryl methyl sites for hydroxylation is 1. The molecule has 5 nitrogen and oxygen atoms in total. The Morgan fingerprint density at radius 3 is 2.22 bits per heavy atom. The van der Waals surface area contributed by atoms with E-state index in [1.165, 1.54) is 3.97 Å². The first kappa shape index (κ1) is 17.3. The number of para-hydroxylation sites is 2. The number of fused-ring (bicyclic) bond motifs is 1. The minimum absolute atomic E-state index is 0.228. The molecule has 6 heteroatoms. The van der Waals surface area contributed by atoms with E-state index in [9.17, 15) is 8.42 Å². The summed E-state index contributed by atoms with van der Waals surface area (Å²) in [5.74, 6) is 1.07. The predicted octanol–water partition coefficient (Wildman–Crippen LogP) is 4.26. The van der Waals surface area contributed by atoms with E-state index in [1.54, 1.807) is 61.7 Å². The molecular weight excluding hydrogens is 360 g/mol. The van der Waals surface area contributed by atoms with E-state index in [0.717, 1.165) is 5.56 Å². The van der Waals surface area contributed by atoms with Crippen LogP contribution in [0, 0.1) is 6.92 Å². The average Bonchev–Trinajstić information content (AvgIpc) is 3.09. The van der Waals surface area contributed by atoms with Crippen LogP contribution >= 0.6 is 0 Å². The van der Waals surface area contributed by atoms with Crippen LogP contribution in [0.3, 0.4) is 0 Å². The summed E-state index contributed by atoms with van der Waals surface area (Å²) in [6.45, 7) is 1.92. The van der Waals surface area contributed by atoms with Gasteiger partial charge in [0.05, 0.1) is 23.0 Å². The lowest BCUT2D eigenvalue weighted by atomic mass is 10.2. The number of methoxy groups -OCH3 is 1. The monoisotopic (exact) mass is 378 g/mol. The summed E-state index contributed by atoms with van der Waals surface area (Å²) in [6.07, 6.45) is 0. The molecule has 0 saturated heterocycles. The highest BCUT2D eigenvalue weighted by Crippen LogP contribution is 2.30. The molecule has 1 heterocycles. The molecule has 3 aromatic carbocycles. The fraction of sp³-hybridized carbons (Fsp3) is 0.0952. The van der Waals surface area contributed by atoms with Crippen molar-refractivity contribution in [2.24, 2.45) is 0 Å². The minimum atomic E-state index is -3.81. The number of hydrogen-bond donors (Lipinski definition) is 0. The molecule has 4 aromatic rings. The topological polar surface area (TPSA) is 61.2 Å². The molecule has 1 aromatic heterocycles. The van der Waals surface area contributed by atoms with E-state index >= 15 is 0 Å². The quantitative estimate of drug-likeness (QED) is 0.532. The number of hydrogen-bond acceptors (Lipinski definition) is 4. The third-order valence-corrected chi connectivity index (χ3v) is 6.14. The van der Waals surface area contributed by atoms with Crippen LogP contribution in [0.25, 0.3) is 22.4 Å². The molecular formula is C21H18N2O3S. The van der Waals surface area contributed by atoms with Crippen LogP contribution in [0.1, 0.15) is 5.56 Å². The first-order chi connectivity index (χ1) is 13.0. The van der Waals surface area contributed by atoms with Crippen molar-refractivity contribution in [2.45, 2.75) is 11.8 Å². The molecule has 0 aliphatic heterocycles. The Balaban J connectivity index is 1.99. The molecule has 0 unspecified atom stereocenters. The SMILES string of the molecule is COc1ccc(-c2nc3ccccc3n2S(=O)(=O)c2ccc(C)cc2)cc1.